The molecule has 0 unspecified atom stereocenters. The lowest BCUT2D eigenvalue weighted by Crippen LogP contribution is -2.03. The third-order valence-corrected chi connectivity index (χ3v) is 2.42. The SMILES string of the molecule is CCc1cn2nccc2nc1C(C)C. The molecule has 0 atom stereocenters. The van der Waals surface area contributed by atoms with Crippen LogP contribution in [-0.2, 0) is 6.42 Å². The van der Waals surface area contributed by atoms with E-state index in [1.807, 2.05) is 10.6 Å². The first-order valence-electron chi connectivity index (χ1n) is 5.05. The Morgan fingerprint density at radius 1 is 1.43 bits per heavy atom. The van der Waals surface area contributed by atoms with Crippen molar-refractivity contribution >= 4 is 5.65 Å². The third kappa shape index (κ3) is 1.39. The number of hydrogen-bond donors (Lipinski definition) is 0. The summed E-state index contributed by atoms with van der Waals surface area (Å²) in [5.41, 5.74) is 3.42. The van der Waals surface area contributed by atoms with E-state index in [0.717, 1.165) is 12.1 Å². The quantitative estimate of drug-likeness (QED) is 0.726. The topological polar surface area (TPSA) is 30.2 Å². The number of aromatic nitrogens is 3. The van der Waals surface area contributed by atoms with Gasteiger partial charge in [-0.2, -0.15) is 5.10 Å². The minimum atomic E-state index is 0.477. The zero-order valence-corrected chi connectivity index (χ0v) is 8.86. The first-order valence-corrected chi connectivity index (χ1v) is 5.05. The van der Waals surface area contributed by atoms with Crippen molar-refractivity contribution in [2.75, 3.05) is 0 Å². The first kappa shape index (κ1) is 9.19. The van der Waals surface area contributed by atoms with Crippen molar-refractivity contribution in [3.8, 4) is 0 Å². The molecule has 3 heteroatoms. The van der Waals surface area contributed by atoms with Gasteiger partial charge in [0.15, 0.2) is 5.65 Å². The second kappa shape index (κ2) is 3.40. The molecule has 0 aliphatic carbocycles. The van der Waals surface area contributed by atoms with Crippen LogP contribution < -0.4 is 0 Å². The maximum Gasteiger partial charge on any atom is 0.155 e. The van der Waals surface area contributed by atoms with E-state index < -0.39 is 0 Å². The lowest BCUT2D eigenvalue weighted by atomic mass is 10.0. The predicted octanol–water partition coefficient (Wildman–Crippen LogP) is 2.42. The Kier molecular flexibility index (Phi) is 2.23. The van der Waals surface area contributed by atoms with Gasteiger partial charge in [-0.1, -0.05) is 20.8 Å². The van der Waals surface area contributed by atoms with Crippen molar-refractivity contribution in [1.82, 2.24) is 14.6 Å². The highest BCUT2D eigenvalue weighted by atomic mass is 15.2. The van der Waals surface area contributed by atoms with Crippen LogP contribution in [0.25, 0.3) is 5.65 Å². The van der Waals surface area contributed by atoms with Crippen molar-refractivity contribution in [1.29, 1.82) is 0 Å². The maximum atomic E-state index is 4.61. The Balaban J connectivity index is 2.66. The molecule has 2 heterocycles. The molecule has 2 rings (SSSR count). The molecule has 2 aromatic rings. The molecule has 0 N–H and O–H groups in total. The van der Waals surface area contributed by atoms with Gasteiger partial charge in [0, 0.05) is 12.3 Å². The van der Waals surface area contributed by atoms with Crippen LogP contribution in [0.1, 0.15) is 37.9 Å². The van der Waals surface area contributed by atoms with Crippen molar-refractivity contribution in [2.24, 2.45) is 0 Å². The molecule has 0 bridgehead atoms. The van der Waals surface area contributed by atoms with E-state index in [1.54, 1.807) is 6.20 Å². The van der Waals surface area contributed by atoms with Crippen LogP contribution in [0.4, 0.5) is 0 Å². The highest BCUT2D eigenvalue weighted by Crippen LogP contribution is 2.18. The van der Waals surface area contributed by atoms with E-state index in [-0.39, 0.29) is 0 Å². The van der Waals surface area contributed by atoms with Gasteiger partial charge < -0.3 is 0 Å². The molecule has 0 saturated carbocycles. The Bertz CT molecular complexity index is 443. The van der Waals surface area contributed by atoms with Gasteiger partial charge in [-0.05, 0) is 17.9 Å². The smallest absolute Gasteiger partial charge is 0.155 e. The first-order chi connectivity index (χ1) is 6.72. The molecule has 0 aliphatic heterocycles. The molecule has 3 nitrogen and oxygen atoms in total. The number of fused-ring (bicyclic) bond motifs is 1. The summed E-state index contributed by atoms with van der Waals surface area (Å²) < 4.78 is 1.84. The van der Waals surface area contributed by atoms with E-state index in [2.05, 4.69) is 37.1 Å². The van der Waals surface area contributed by atoms with Crippen molar-refractivity contribution in [3.63, 3.8) is 0 Å². The number of rotatable bonds is 2. The fraction of sp³-hybridized carbons (Fsp3) is 0.455. The Labute approximate surface area is 83.8 Å². The van der Waals surface area contributed by atoms with E-state index in [0.29, 0.717) is 5.92 Å². The van der Waals surface area contributed by atoms with Crippen molar-refractivity contribution < 1.29 is 0 Å². The standard InChI is InChI=1S/C11H15N3/c1-4-9-7-14-10(5-6-12-14)13-11(9)8(2)3/h5-8H,4H2,1-3H3. The van der Waals surface area contributed by atoms with Gasteiger partial charge in [0.2, 0.25) is 0 Å². The molecule has 0 spiro atoms. The Morgan fingerprint density at radius 2 is 2.21 bits per heavy atom. The second-order valence-electron chi connectivity index (χ2n) is 3.79. The summed E-state index contributed by atoms with van der Waals surface area (Å²) in [6.45, 7) is 6.50. The van der Waals surface area contributed by atoms with Gasteiger partial charge in [0.05, 0.1) is 11.9 Å². The average Bonchev–Trinajstić information content (AvgIpc) is 2.62. The van der Waals surface area contributed by atoms with Gasteiger partial charge in [-0.3, -0.25) is 0 Å². The molecule has 0 aromatic carbocycles. The summed E-state index contributed by atoms with van der Waals surface area (Å²) >= 11 is 0. The second-order valence-corrected chi connectivity index (χ2v) is 3.79. The van der Waals surface area contributed by atoms with Crippen LogP contribution in [0.15, 0.2) is 18.5 Å². The largest absolute Gasteiger partial charge is 0.233 e. The highest BCUT2D eigenvalue weighted by molar-refractivity contribution is 5.39. The van der Waals surface area contributed by atoms with Crippen LogP contribution in [0.3, 0.4) is 0 Å². The molecular weight excluding hydrogens is 174 g/mol. The molecular formula is C11H15N3. The normalized spacial score (nSPS) is 11.4. The number of nitrogens with zero attached hydrogens (tertiary/aromatic N) is 3. The van der Waals surface area contributed by atoms with Gasteiger partial charge in [0.1, 0.15) is 0 Å². The molecule has 0 saturated heterocycles. The Hall–Kier alpha value is -1.38. The number of hydrogen-bond acceptors (Lipinski definition) is 2. The lowest BCUT2D eigenvalue weighted by Gasteiger charge is -2.10. The summed E-state index contributed by atoms with van der Waals surface area (Å²) in [6, 6.07) is 1.94. The maximum absolute atomic E-state index is 4.61. The van der Waals surface area contributed by atoms with Crippen LogP contribution >= 0.6 is 0 Å². The van der Waals surface area contributed by atoms with Crippen LogP contribution in [-0.4, -0.2) is 14.6 Å². The summed E-state index contributed by atoms with van der Waals surface area (Å²) in [5.74, 6) is 0.477. The fourth-order valence-corrected chi connectivity index (χ4v) is 1.68. The van der Waals surface area contributed by atoms with Gasteiger partial charge >= 0.3 is 0 Å². The lowest BCUT2D eigenvalue weighted by molar-refractivity contribution is 0.781. The molecule has 14 heavy (non-hydrogen) atoms. The van der Waals surface area contributed by atoms with Crippen LogP contribution in [0.5, 0.6) is 0 Å². The zero-order valence-electron chi connectivity index (χ0n) is 8.86. The third-order valence-electron chi connectivity index (χ3n) is 2.42. The van der Waals surface area contributed by atoms with Crippen molar-refractivity contribution in [2.45, 2.75) is 33.1 Å². The molecule has 0 aliphatic rings. The van der Waals surface area contributed by atoms with E-state index in [1.165, 1.54) is 11.3 Å². The molecule has 0 fully saturated rings. The molecule has 0 amide bonds. The van der Waals surface area contributed by atoms with Crippen LogP contribution in [0, 0.1) is 0 Å². The summed E-state index contributed by atoms with van der Waals surface area (Å²) in [6.07, 6.45) is 4.87. The minimum Gasteiger partial charge on any atom is -0.233 e. The molecule has 0 radical (unpaired) electrons. The molecule has 74 valence electrons. The van der Waals surface area contributed by atoms with Gasteiger partial charge in [-0.25, -0.2) is 9.50 Å². The Morgan fingerprint density at radius 3 is 2.86 bits per heavy atom. The van der Waals surface area contributed by atoms with Crippen LogP contribution in [0.2, 0.25) is 0 Å². The summed E-state index contributed by atoms with van der Waals surface area (Å²) in [7, 11) is 0. The highest BCUT2D eigenvalue weighted by Gasteiger charge is 2.09. The van der Waals surface area contributed by atoms with Gasteiger partial charge in [-0.15, -0.1) is 0 Å². The van der Waals surface area contributed by atoms with E-state index in [9.17, 15) is 0 Å². The van der Waals surface area contributed by atoms with Gasteiger partial charge in [0.25, 0.3) is 0 Å². The summed E-state index contributed by atoms with van der Waals surface area (Å²) in [5, 5.41) is 4.18. The predicted molar refractivity (Wildman–Crippen MR) is 56.5 cm³/mol. The average molecular weight is 189 g/mol. The van der Waals surface area contributed by atoms with E-state index >= 15 is 0 Å². The minimum absolute atomic E-state index is 0.477. The van der Waals surface area contributed by atoms with E-state index in [4.69, 9.17) is 0 Å². The monoisotopic (exact) mass is 189 g/mol. The zero-order chi connectivity index (χ0) is 10.1. The fourth-order valence-electron chi connectivity index (χ4n) is 1.68. The van der Waals surface area contributed by atoms with Crippen molar-refractivity contribution in [3.05, 3.63) is 29.7 Å². The molecule has 2 aromatic heterocycles. The number of aryl methyl sites for hydroxylation is 1. The summed E-state index contributed by atoms with van der Waals surface area (Å²) in [4.78, 5) is 4.61.